The van der Waals surface area contributed by atoms with Gasteiger partial charge in [0.05, 0.1) is 5.71 Å². The van der Waals surface area contributed by atoms with Crippen LogP contribution in [-0.2, 0) is 21.1 Å². The standard InChI is InChI=1S/C21H21Cl2N3O3/c1-14(8-9-15-10-11-17(22)12-19(15)23)25-29-13-16-6-4-5-7-18(16)20(26-28-3)21(27)24-2/h4-12H,13H2,1-3H3,(H,24,27)/b9-8+,25-14+,26-20-. The molecule has 0 spiro atoms. The SMILES string of the molecule is CNC(=O)/C(=N\OC)c1ccccc1CO/N=C(C)/C=C/c1ccc(Cl)cc1Cl. The van der Waals surface area contributed by atoms with Crippen LogP contribution in [0.3, 0.4) is 0 Å². The Bertz CT molecular complexity index is 956. The lowest BCUT2D eigenvalue weighted by molar-refractivity contribution is -0.114. The zero-order chi connectivity index (χ0) is 21.2. The number of rotatable bonds is 8. The normalized spacial score (nSPS) is 12.2. The average Bonchev–Trinajstić information content (AvgIpc) is 2.71. The largest absolute Gasteiger partial charge is 0.398 e. The van der Waals surface area contributed by atoms with Crippen molar-refractivity contribution in [3.8, 4) is 0 Å². The Morgan fingerprint density at radius 3 is 2.62 bits per heavy atom. The topological polar surface area (TPSA) is 72.3 Å². The van der Waals surface area contributed by atoms with Gasteiger partial charge in [0.15, 0.2) is 5.71 Å². The summed E-state index contributed by atoms with van der Waals surface area (Å²) in [6.07, 6.45) is 3.60. The van der Waals surface area contributed by atoms with E-state index < -0.39 is 0 Å². The lowest BCUT2D eigenvalue weighted by Gasteiger charge is -2.10. The van der Waals surface area contributed by atoms with Crippen LogP contribution in [-0.4, -0.2) is 31.5 Å². The molecule has 0 aliphatic carbocycles. The third-order valence-corrected chi connectivity index (χ3v) is 4.35. The van der Waals surface area contributed by atoms with Gasteiger partial charge in [-0.1, -0.05) is 69.9 Å². The second-order valence-electron chi connectivity index (χ2n) is 5.86. The Morgan fingerprint density at radius 1 is 1.17 bits per heavy atom. The van der Waals surface area contributed by atoms with Crippen molar-refractivity contribution < 1.29 is 14.5 Å². The van der Waals surface area contributed by atoms with Gasteiger partial charge >= 0.3 is 0 Å². The van der Waals surface area contributed by atoms with E-state index in [0.717, 1.165) is 11.1 Å². The van der Waals surface area contributed by atoms with Gasteiger partial charge in [-0.3, -0.25) is 4.79 Å². The molecule has 6 nitrogen and oxygen atoms in total. The van der Waals surface area contributed by atoms with E-state index in [1.165, 1.54) is 14.2 Å². The fourth-order valence-electron chi connectivity index (χ4n) is 2.38. The first-order chi connectivity index (χ1) is 14.0. The van der Waals surface area contributed by atoms with Crippen molar-refractivity contribution in [1.29, 1.82) is 0 Å². The number of hydrogen-bond acceptors (Lipinski definition) is 5. The van der Waals surface area contributed by atoms with Crippen LogP contribution >= 0.6 is 23.2 Å². The van der Waals surface area contributed by atoms with Crippen LogP contribution < -0.4 is 5.32 Å². The van der Waals surface area contributed by atoms with Gasteiger partial charge in [-0.15, -0.1) is 0 Å². The molecular weight excluding hydrogens is 413 g/mol. The molecular formula is C21H21Cl2N3O3. The maximum absolute atomic E-state index is 12.1. The van der Waals surface area contributed by atoms with E-state index in [1.807, 2.05) is 24.3 Å². The van der Waals surface area contributed by atoms with Crippen molar-refractivity contribution in [3.63, 3.8) is 0 Å². The van der Waals surface area contributed by atoms with Gasteiger partial charge in [-0.05, 0) is 30.7 Å². The summed E-state index contributed by atoms with van der Waals surface area (Å²) in [6.45, 7) is 1.96. The number of allylic oxidation sites excluding steroid dienone is 1. The summed E-state index contributed by atoms with van der Waals surface area (Å²) in [7, 11) is 2.91. The molecule has 152 valence electrons. The number of benzene rings is 2. The van der Waals surface area contributed by atoms with Crippen LogP contribution in [0.15, 0.2) is 58.9 Å². The van der Waals surface area contributed by atoms with E-state index in [4.69, 9.17) is 32.9 Å². The summed E-state index contributed by atoms with van der Waals surface area (Å²) < 4.78 is 0. The van der Waals surface area contributed by atoms with E-state index in [0.29, 0.717) is 21.3 Å². The number of halogens is 2. The van der Waals surface area contributed by atoms with E-state index >= 15 is 0 Å². The predicted octanol–water partition coefficient (Wildman–Crippen LogP) is 4.70. The molecule has 0 aromatic heterocycles. The van der Waals surface area contributed by atoms with Gasteiger partial charge in [0, 0.05) is 28.2 Å². The maximum atomic E-state index is 12.1. The number of amides is 1. The predicted molar refractivity (Wildman–Crippen MR) is 117 cm³/mol. The number of carbonyl (C=O) groups excluding carboxylic acids is 1. The molecule has 1 N–H and O–H groups in total. The molecule has 0 aliphatic heterocycles. The first kappa shape index (κ1) is 22.5. The molecule has 0 bridgehead atoms. The number of nitrogens with one attached hydrogen (secondary N) is 1. The van der Waals surface area contributed by atoms with E-state index in [2.05, 4.69) is 15.6 Å². The highest BCUT2D eigenvalue weighted by Crippen LogP contribution is 2.22. The highest BCUT2D eigenvalue weighted by molar-refractivity contribution is 6.45. The molecule has 2 aromatic carbocycles. The van der Waals surface area contributed by atoms with Crippen LogP contribution in [0.25, 0.3) is 6.08 Å². The van der Waals surface area contributed by atoms with Gasteiger partial charge < -0.3 is 15.0 Å². The Hall–Kier alpha value is -2.83. The van der Waals surface area contributed by atoms with Gasteiger partial charge in [-0.25, -0.2) is 0 Å². The van der Waals surface area contributed by atoms with Gasteiger partial charge in [0.25, 0.3) is 5.91 Å². The second-order valence-corrected chi connectivity index (χ2v) is 6.71. The fourth-order valence-corrected chi connectivity index (χ4v) is 2.85. The first-order valence-electron chi connectivity index (χ1n) is 8.67. The van der Waals surface area contributed by atoms with Gasteiger partial charge in [0.1, 0.15) is 13.7 Å². The molecule has 0 unspecified atom stereocenters. The van der Waals surface area contributed by atoms with Crippen molar-refractivity contribution in [1.82, 2.24) is 5.32 Å². The van der Waals surface area contributed by atoms with Crippen LogP contribution in [0.2, 0.25) is 10.0 Å². The molecule has 2 aromatic rings. The third kappa shape index (κ3) is 6.62. The van der Waals surface area contributed by atoms with Crippen LogP contribution in [0.5, 0.6) is 0 Å². The highest BCUT2D eigenvalue weighted by atomic mass is 35.5. The highest BCUT2D eigenvalue weighted by Gasteiger charge is 2.17. The summed E-state index contributed by atoms with van der Waals surface area (Å²) in [4.78, 5) is 22.3. The molecule has 0 saturated heterocycles. The minimum absolute atomic E-state index is 0.156. The molecule has 8 heteroatoms. The van der Waals surface area contributed by atoms with E-state index in [9.17, 15) is 4.79 Å². The molecule has 29 heavy (non-hydrogen) atoms. The lowest BCUT2D eigenvalue weighted by atomic mass is 10.0. The Morgan fingerprint density at radius 2 is 1.93 bits per heavy atom. The monoisotopic (exact) mass is 433 g/mol. The number of carbonyl (C=O) groups is 1. The number of nitrogens with zero attached hydrogens (tertiary/aromatic N) is 2. The van der Waals surface area contributed by atoms with Crippen LogP contribution in [0.1, 0.15) is 23.6 Å². The summed E-state index contributed by atoms with van der Waals surface area (Å²) in [5.74, 6) is -0.359. The molecule has 0 aliphatic rings. The number of oxime groups is 2. The smallest absolute Gasteiger partial charge is 0.273 e. The van der Waals surface area contributed by atoms with Crippen molar-refractivity contribution >= 4 is 46.6 Å². The molecule has 1 amide bonds. The van der Waals surface area contributed by atoms with E-state index in [1.54, 1.807) is 37.3 Å². The second kappa shape index (κ2) is 11.2. The number of likely N-dealkylation sites (N-methyl/N-ethyl adjacent to an activating group) is 1. The zero-order valence-corrected chi connectivity index (χ0v) is 17.8. The molecule has 0 saturated carbocycles. The van der Waals surface area contributed by atoms with Crippen molar-refractivity contribution in [2.45, 2.75) is 13.5 Å². The summed E-state index contributed by atoms with van der Waals surface area (Å²) in [6, 6.07) is 12.5. The Labute approximate surface area is 179 Å². The van der Waals surface area contributed by atoms with Gasteiger partial charge in [-0.2, -0.15) is 0 Å². The molecule has 0 radical (unpaired) electrons. The summed E-state index contributed by atoms with van der Waals surface area (Å²) >= 11 is 12.0. The molecule has 0 fully saturated rings. The van der Waals surface area contributed by atoms with Crippen LogP contribution in [0, 0.1) is 0 Å². The minimum atomic E-state index is -0.359. The summed E-state index contributed by atoms with van der Waals surface area (Å²) in [5, 5.41) is 11.6. The summed E-state index contributed by atoms with van der Waals surface area (Å²) in [5.41, 5.74) is 2.97. The third-order valence-electron chi connectivity index (χ3n) is 3.79. The maximum Gasteiger partial charge on any atom is 0.273 e. The Kier molecular flexibility index (Phi) is 8.70. The molecule has 2 rings (SSSR count). The quantitative estimate of drug-likeness (QED) is 0.484. The average molecular weight is 434 g/mol. The van der Waals surface area contributed by atoms with Gasteiger partial charge in [0.2, 0.25) is 0 Å². The zero-order valence-electron chi connectivity index (χ0n) is 16.3. The van der Waals surface area contributed by atoms with Crippen LogP contribution in [0.4, 0.5) is 0 Å². The molecule has 0 atom stereocenters. The first-order valence-corrected chi connectivity index (χ1v) is 9.43. The van der Waals surface area contributed by atoms with Crippen molar-refractivity contribution in [2.75, 3.05) is 14.2 Å². The van der Waals surface area contributed by atoms with Crippen molar-refractivity contribution in [2.24, 2.45) is 10.3 Å². The fraction of sp³-hybridized carbons (Fsp3) is 0.190. The van der Waals surface area contributed by atoms with E-state index in [-0.39, 0.29) is 18.2 Å². The lowest BCUT2D eigenvalue weighted by Crippen LogP contribution is -2.29. The minimum Gasteiger partial charge on any atom is -0.398 e. The van der Waals surface area contributed by atoms with Crippen molar-refractivity contribution in [3.05, 3.63) is 75.3 Å². The molecule has 0 heterocycles. The number of hydrogen-bond donors (Lipinski definition) is 1. The Balaban J connectivity index is 2.11.